The van der Waals surface area contributed by atoms with Crippen molar-refractivity contribution in [2.75, 3.05) is 7.05 Å². The lowest BCUT2D eigenvalue weighted by molar-refractivity contribution is 0.402. The molecule has 1 unspecified atom stereocenters. The minimum atomic E-state index is -0.149. The molecule has 0 aromatic heterocycles. The van der Waals surface area contributed by atoms with Gasteiger partial charge in [0.05, 0.1) is 0 Å². The third-order valence-corrected chi connectivity index (χ3v) is 4.75. The first-order valence-electron chi connectivity index (χ1n) is 6.80. The average Bonchev–Trinajstić information content (AvgIpc) is 2.85. The number of hydrogen-bond donors (Lipinski definition) is 1. The van der Waals surface area contributed by atoms with Crippen LogP contribution in [0.4, 0.5) is 4.39 Å². The lowest BCUT2D eigenvalue weighted by atomic mass is 9.94. The van der Waals surface area contributed by atoms with Crippen molar-refractivity contribution in [3.8, 4) is 0 Å². The SMILES string of the molecule is CNC(Cc1cc(F)ccc1Br)CC1CCCC1. The molecule has 0 amide bonds. The monoisotopic (exact) mass is 313 g/mol. The molecule has 1 N–H and O–H groups in total. The second-order valence-corrected chi connectivity index (χ2v) is 6.17. The molecule has 0 spiro atoms. The van der Waals surface area contributed by atoms with Gasteiger partial charge in [0.15, 0.2) is 0 Å². The fraction of sp³-hybridized carbons (Fsp3) is 0.600. The Labute approximate surface area is 117 Å². The number of rotatable bonds is 5. The van der Waals surface area contributed by atoms with Gasteiger partial charge in [0, 0.05) is 10.5 Å². The molecule has 0 radical (unpaired) electrons. The molecule has 1 fully saturated rings. The zero-order valence-corrected chi connectivity index (χ0v) is 12.5. The molecule has 0 bridgehead atoms. The lowest BCUT2D eigenvalue weighted by Crippen LogP contribution is -2.29. The van der Waals surface area contributed by atoms with Crippen LogP contribution in [0, 0.1) is 11.7 Å². The Balaban J connectivity index is 1.98. The van der Waals surface area contributed by atoms with Crippen molar-refractivity contribution in [1.82, 2.24) is 5.32 Å². The summed E-state index contributed by atoms with van der Waals surface area (Å²) in [6.45, 7) is 0. The van der Waals surface area contributed by atoms with E-state index in [0.29, 0.717) is 6.04 Å². The summed E-state index contributed by atoms with van der Waals surface area (Å²) in [5.41, 5.74) is 1.06. The second-order valence-electron chi connectivity index (χ2n) is 5.31. The summed E-state index contributed by atoms with van der Waals surface area (Å²) in [4.78, 5) is 0. The molecule has 1 aromatic carbocycles. The van der Waals surface area contributed by atoms with Crippen molar-refractivity contribution >= 4 is 15.9 Å². The van der Waals surface area contributed by atoms with Crippen molar-refractivity contribution < 1.29 is 4.39 Å². The normalized spacial score (nSPS) is 18.2. The zero-order valence-electron chi connectivity index (χ0n) is 10.9. The molecule has 0 saturated heterocycles. The molecule has 2 rings (SSSR count). The molecule has 1 aromatic rings. The van der Waals surface area contributed by atoms with E-state index in [1.807, 2.05) is 7.05 Å². The molecule has 1 saturated carbocycles. The summed E-state index contributed by atoms with van der Waals surface area (Å²) >= 11 is 3.51. The Morgan fingerprint density at radius 2 is 2.11 bits per heavy atom. The van der Waals surface area contributed by atoms with E-state index in [9.17, 15) is 4.39 Å². The van der Waals surface area contributed by atoms with Gasteiger partial charge in [0.1, 0.15) is 5.82 Å². The van der Waals surface area contributed by atoms with Crippen LogP contribution < -0.4 is 5.32 Å². The molecule has 100 valence electrons. The molecule has 1 aliphatic rings. The highest BCUT2D eigenvalue weighted by Crippen LogP contribution is 2.30. The van der Waals surface area contributed by atoms with Gasteiger partial charge in [-0.3, -0.25) is 0 Å². The number of nitrogens with one attached hydrogen (secondary N) is 1. The topological polar surface area (TPSA) is 12.0 Å². The van der Waals surface area contributed by atoms with Gasteiger partial charge in [-0.05, 0) is 49.6 Å². The number of hydrogen-bond acceptors (Lipinski definition) is 1. The molecule has 1 aliphatic carbocycles. The Kier molecular flexibility index (Phi) is 5.19. The fourth-order valence-corrected chi connectivity index (χ4v) is 3.33. The van der Waals surface area contributed by atoms with Crippen LogP contribution in [0.3, 0.4) is 0 Å². The molecule has 0 aliphatic heterocycles. The van der Waals surface area contributed by atoms with Gasteiger partial charge in [0.2, 0.25) is 0 Å². The summed E-state index contributed by atoms with van der Waals surface area (Å²) in [7, 11) is 2.01. The van der Waals surface area contributed by atoms with Crippen LogP contribution >= 0.6 is 15.9 Å². The van der Waals surface area contributed by atoms with Crippen molar-refractivity contribution in [3.05, 3.63) is 34.1 Å². The molecule has 1 atom stereocenters. The van der Waals surface area contributed by atoms with Gasteiger partial charge in [-0.25, -0.2) is 4.39 Å². The summed E-state index contributed by atoms with van der Waals surface area (Å²) in [5, 5.41) is 3.38. The number of halogens is 2. The van der Waals surface area contributed by atoms with Crippen molar-refractivity contribution in [2.45, 2.75) is 44.6 Å². The Morgan fingerprint density at radius 3 is 2.78 bits per heavy atom. The van der Waals surface area contributed by atoms with Crippen LogP contribution in [0.25, 0.3) is 0 Å². The van der Waals surface area contributed by atoms with Gasteiger partial charge in [0.25, 0.3) is 0 Å². The number of likely N-dealkylation sites (N-methyl/N-ethyl adjacent to an activating group) is 1. The molecular formula is C15H21BrFN. The lowest BCUT2D eigenvalue weighted by Gasteiger charge is -2.20. The third kappa shape index (κ3) is 3.79. The van der Waals surface area contributed by atoms with Gasteiger partial charge >= 0.3 is 0 Å². The zero-order chi connectivity index (χ0) is 13.0. The van der Waals surface area contributed by atoms with Crippen LogP contribution in [0.5, 0.6) is 0 Å². The first-order valence-corrected chi connectivity index (χ1v) is 7.59. The Hall–Kier alpha value is -0.410. The summed E-state index contributed by atoms with van der Waals surface area (Å²) in [6, 6.07) is 5.39. The van der Waals surface area contributed by atoms with Gasteiger partial charge in [-0.15, -0.1) is 0 Å². The Bertz CT molecular complexity index is 388. The molecule has 1 nitrogen and oxygen atoms in total. The highest BCUT2D eigenvalue weighted by Gasteiger charge is 2.20. The smallest absolute Gasteiger partial charge is 0.123 e. The highest BCUT2D eigenvalue weighted by molar-refractivity contribution is 9.10. The van der Waals surface area contributed by atoms with Crippen molar-refractivity contribution in [1.29, 1.82) is 0 Å². The first kappa shape index (κ1) is 14.0. The van der Waals surface area contributed by atoms with Crippen molar-refractivity contribution in [2.24, 2.45) is 5.92 Å². The van der Waals surface area contributed by atoms with Gasteiger partial charge in [-0.2, -0.15) is 0 Å². The average molecular weight is 314 g/mol. The van der Waals surface area contributed by atoms with Crippen LogP contribution in [-0.2, 0) is 6.42 Å². The standard InChI is InChI=1S/C15H21BrFN/c1-18-14(8-11-4-2-3-5-11)10-12-9-13(17)6-7-15(12)16/h6-7,9,11,14,18H,2-5,8,10H2,1H3. The first-order chi connectivity index (χ1) is 8.69. The largest absolute Gasteiger partial charge is 0.317 e. The van der Waals surface area contributed by atoms with Gasteiger partial charge < -0.3 is 5.32 Å². The van der Waals surface area contributed by atoms with Crippen LogP contribution in [0.1, 0.15) is 37.7 Å². The van der Waals surface area contributed by atoms with E-state index >= 15 is 0 Å². The van der Waals surface area contributed by atoms with Crippen molar-refractivity contribution in [3.63, 3.8) is 0 Å². The Morgan fingerprint density at radius 1 is 1.39 bits per heavy atom. The second kappa shape index (κ2) is 6.67. The number of benzene rings is 1. The predicted molar refractivity (Wildman–Crippen MR) is 77.2 cm³/mol. The summed E-state index contributed by atoms with van der Waals surface area (Å²) in [6.07, 6.45) is 7.59. The van der Waals surface area contributed by atoms with E-state index in [2.05, 4.69) is 21.2 Å². The maximum Gasteiger partial charge on any atom is 0.123 e. The van der Waals surface area contributed by atoms with E-state index in [-0.39, 0.29) is 5.82 Å². The van der Waals surface area contributed by atoms with E-state index in [1.54, 1.807) is 12.1 Å². The minimum absolute atomic E-state index is 0.149. The van der Waals surface area contributed by atoms with E-state index in [0.717, 1.165) is 22.4 Å². The summed E-state index contributed by atoms with van der Waals surface area (Å²) in [5.74, 6) is 0.707. The molecule has 3 heteroatoms. The summed E-state index contributed by atoms with van der Waals surface area (Å²) < 4.78 is 14.3. The molecule has 0 heterocycles. The fourth-order valence-electron chi connectivity index (χ4n) is 2.92. The van der Waals surface area contributed by atoms with E-state index < -0.39 is 0 Å². The van der Waals surface area contributed by atoms with Crippen LogP contribution in [0.2, 0.25) is 0 Å². The van der Waals surface area contributed by atoms with E-state index in [4.69, 9.17) is 0 Å². The highest BCUT2D eigenvalue weighted by atomic mass is 79.9. The molecular weight excluding hydrogens is 293 g/mol. The predicted octanol–water partition coefficient (Wildman–Crippen LogP) is 4.30. The quantitative estimate of drug-likeness (QED) is 0.854. The maximum atomic E-state index is 13.3. The molecule has 18 heavy (non-hydrogen) atoms. The minimum Gasteiger partial charge on any atom is -0.317 e. The third-order valence-electron chi connectivity index (χ3n) is 3.97. The van der Waals surface area contributed by atoms with E-state index in [1.165, 1.54) is 38.2 Å². The maximum absolute atomic E-state index is 13.3. The van der Waals surface area contributed by atoms with Crippen LogP contribution in [0.15, 0.2) is 22.7 Å². The van der Waals surface area contributed by atoms with Gasteiger partial charge in [-0.1, -0.05) is 41.6 Å². The van der Waals surface area contributed by atoms with Crippen LogP contribution in [-0.4, -0.2) is 13.1 Å².